The lowest BCUT2D eigenvalue weighted by molar-refractivity contribution is -0.165. The number of carbonyl (C=O) groups excluding carboxylic acids is 1. The van der Waals surface area contributed by atoms with Crippen molar-refractivity contribution in [2.24, 2.45) is 0 Å². The molecule has 1 aromatic carbocycles. The van der Waals surface area contributed by atoms with Crippen LogP contribution in [-0.2, 0) is 15.6 Å². The standard InChI is InChI=1S/C25H30Cl2F3N3O3Si/c1-24(2,3)37(4,5)36-11-10-33(23(34)20-21(26)31-15-32-22(20)27)18-8-6-17-13-19(9-7-16(17)12-18)35-14-25(28,29)30/h6,8,12-13,15H,7,9-11,14H2,1-5H3. The van der Waals surface area contributed by atoms with Gasteiger partial charge < -0.3 is 14.1 Å². The highest BCUT2D eigenvalue weighted by atomic mass is 35.5. The number of anilines is 1. The Morgan fingerprint density at radius 3 is 2.35 bits per heavy atom. The number of ether oxygens (including phenoxy) is 1. The lowest BCUT2D eigenvalue weighted by Gasteiger charge is -2.37. The highest BCUT2D eigenvalue weighted by molar-refractivity contribution is 6.74. The lowest BCUT2D eigenvalue weighted by atomic mass is 9.95. The van der Waals surface area contributed by atoms with Crippen molar-refractivity contribution in [1.82, 2.24) is 9.97 Å². The van der Waals surface area contributed by atoms with E-state index in [1.165, 1.54) is 11.2 Å². The fourth-order valence-electron chi connectivity index (χ4n) is 3.52. The molecule has 1 aliphatic rings. The Morgan fingerprint density at radius 1 is 1.11 bits per heavy atom. The second kappa shape index (κ2) is 11.3. The number of carbonyl (C=O) groups is 1. The number of hydrogen-bond acceptors (Lipinski definition) is 5. The second-order valence-corrected chi connectivity index (χ2v) is 15.8. The molecule has 0 saturated carbocycles. The van der Waals surface area contributed by atoms with Crippen LogP contribution in [0.5, 0.6) is 0 Å². The minimum absolute atomic E-state index is 0.00816. The van der Waals surface area contributed by atoms with Gasteiger partial charge in [-0.05, 0) is 53.9 Å². The molecule has 202 valence electrons. The zero-order chi connectivity index (χ0) is 27.6. The van der Waals surface area contributed by atoms with Gasteiger partial charge in [0.2, 0.25) is 0 Å². The fraction of sp³-hybridized carbons (Fsp3) is 0.480. The molecule has 0 fully saturated rings. The zero-order valence-electron chi connectivity index (χ0n) is 21.4. The van der Waals surface area contributed by atoms with Gasteiger partial charge in [-0.1, -0.05) is 50.0 Å². The molecule has 2 aromatic rings. The normalized spacial score (nSPS) is 14.2. The monoisotopic (exact) mass is 575 g/mol. The number of rotatable bonds is 8. The first-order valence-corrected chi connectivity index (χ1v) is 15.4. The van der Waals surface area contributed by atoms with Crippen molar-refractivity contribution in [3.05, 3.63) is 57.3 Å². The van der Waals surface area contributed by atoms with E-state index in [-0.39, 0.29) is 39.8 Å². The van der Waals surface area contributed by atoms with Gasteiger partial charge in [0.1, 0.15) is 22.2 Å². The molecule has 37 heavy (non-hydrogen) atoms. The molecule has 0 unspecified atom stereocenters. The zero-order valence-corrected chi connectivity index (χ0v) is 23.9. The van der Waals surface area contributed by atoms with Crippen molar-refractivity contribution in [2.75, 3.05) is 24.7 Å². The van der Waals surface area contributed by atoms with E-state index in [9.17, 15) is 18.0 Å². The number of alkyl halides is 3. The van der Waals surface area contributed by atoms with E-state index in [2.05, 4.69) is 43.8 Å². The fourth-order valence-corrected chi connectivity index (χ4v) is 5.03. The molecule has 1 heterocycles. The van der Waals surface area contributed by atoms with Gasteiger partial charge in [0.25, 0.3) is 5.91 Å². The number of halogens is 5. The van der Waals surface area contributed by atoms with Crippen LogP contribution >= 0.6 is 23.2 Å². The first-order chi connectivity index (χ1) is 17.1. The summed E-state index contributed by atoms with van der Waals surface area (Å²) in [4.78, 5) is 22.9. The summed E-state index contributed by atoms with van der Waals surface area (Å²) >= 11 is 12.4. The Morgan fingerprint density at radius 2 is 1.76 bits per heavy atom. The molecule has 3 rings (SSSR count). The number of amides is 1. The van der Waals surface area contributed by atoms with Gasteiger partial charge in [0.15, 0.2) is 14.9 Å². The number of fused-ring (bicyclic) bond motifs is 1. The minimum atomic E-state index is -4.40. The summed E-state index contributed by atoms with van der Waals surface area (Å²) in [6.07, 6.45) is -0.845. The number of benzene rings is 1. The van der Waals surface area contributed by atoms with E-state index >= 15 is 0 Å². The van der Waals surface area contributed by atoms with Crippen molar-refractivity contribution in [3.8, 4) is 0 Å². The van der Waals surface area contributed by atoms with Crippen LogP contribution in [0.4, 0.5) is 18.9 Å². The van der Waals surface area contributed by atoms with Gasteiger partial charge in [-0.25, -0.2) is 9.97 Å². The highest BCUT2D eigenvalue weighted by Crippen LogP contribution is 2.37. The van der Waals surface area contributed by atoms with Gasteiger partial charge in [-0.2, -0.15) is 13.2 Å². The summed E-state index contributed by atoms with van der Waals surface area (Å²) in [6, 6.07) is 5.31. The first kappa shape index (κ1) is 29.4. The number of allylic oxidation sites excluding steroid dienone is 1. The molecule has 0 bridgehead atoms. The molecule has 0 atom stereocenters. The summed E-state index contributed by atoms with van der Waals surface area (Å²) in [6.45, 7) is 9.83. The Bertz CT molecular complexity index is 1160. The third-order valence-corrected chi connectivity index (χ3v) is 11.7. The molecule has 1 amide bonds. The Hall–Kier alpha value is -2.14. The summed E-state index contributed by atoms with van der Waals surface area (Å²) in [5, 5.41) is -0.133. The van der Waals surface area contributed by atoms with Crippen LogP contribution in [0, 0.1) is 0 Å². The third kappa shape index (κ3) is 7.46. The Balaban J connectivity index is 1.90. The van der Waals surface area contributed by atoms with Crippen LogP contribution in [0.2, 0.25) is 28.4 Å². The van der Waals surface area contributed by atoms with Gasteiger partial charge in [0.05, 0.1) is 12.4 Å². The maximum Gasteiger partial charge on any atom is 0.422 e. The number of aryl methyl sites for hydroxylation is 1. The van der Waals surface area contributed by atoms with E-state index in [4.69, 9.17) is 32.4 Å². The molecular weight excluding hydrogens is 546 g/mol. The van der Waals surface area contributed by atoms with Crippen molar-refractivity contribution in [2.45, 2.75) is 57.9 Å². The topological polar surface area (TPSA) is 64.5 Å². The third-order valence-electron chi connectivity index (χ3n) is 6.61. The van der Waals surface area contributed by atoms with E-state index in [0.29, 0.717) is 18.5 Å². The molecule has 1 aromatic heterocycles. The van der Waals surface area contributed by atoms with E-state index < -0.39 is 27.0 Å². The molecule has 1 aliphatic carbocycles. The maximum absolute atomic E-state index is 13.6. The van der Waals surface area contributed by atoms with E-state index in [0.717, 1.165) is 11.1 Å². The van der Waals surface area contributed by atoms with Crippen LogP contribution in [-0.4, -0.2) is 50.1 Å². The quantitative estimate of drug-likeness (QED) is 0.244. The van der Waals surface area contributed by atoms with Crippen LogP contribution in [0.25, 0.3) is 6.08 Å². The Kier molecular flexibility index (Phi) is 8.99. The average Bonchev–Trinajstić information content (AvgIpc) is 2.78. The molecule has 0 radical (unpaired) electrons. The number of aromatic nitrogens is 2. The number of hydrogen-bond donors (Lipinski definition) is 0. The summed E-state index contributed by atoms with van der Waals surface area (Å²) < 4.78 is 48.8. The molecule has 0 N–H and O–H groups in total. The molecule has 0 spiro atoms. The second-order valence-electron chi connectivity index (χ2n) is 10.3. The van der Waals surface area contributed by atoms with Crippen molar-refractivity contribution < 1.29 is 27.1 Å². The summed E-state index contributed by atoms with van der Waals surface area (Å²) in [5.41, 5.74) is 2.17. The lowest BCUT2D eigenvalue weighted by Crippen LogP contribution is -2.43. The largest absolute Gasteiger partial charge is 0.488 e. The molecular formula is C25H30Cl2F3N3O3Si. The van der Waals surface area contributed by atoms with Crippen LogP contribution < -0.4 is 4.90 Å². The molecule has 0 aliphatic heterocycles. The molecule has 6 nitrogen and oxygen atoms in total. The van der Waals surface area contributed by atoms with Gasteiger partial charge in [-0.15, -0.1) is 0 Å². The molecule has 12 heteroatoms. The highest BCUT2D eigenvalue weighted by Gasteiger charge is 2.37. The minimum Gasteiger partial charge on any atom is -0.488 e. The average molecular weight is 577 g/mol. The van der Waals surface area contributed by atoms with Crippen LogP contribution in [0.15, 0.2) is 30.3 Å². The predicted molar refractivity (Wildman–Crippen MR) is 142 cm³/mol. The predicted octanol–water partition coefficient (Wildman–Crippen LogP) is 7.32. The van der Waals surface area contributed by atoms with E-state index in [1.54, 1.807) is 18.2 Å². The molecule has 0 saturated heterocycles. The smallest absolute Gasteiger partial charge is 0.422 e. The maximum atomic E-state index is 13.6. The van der Waals surface area contributed by atoms with Crippen molar-refractivity contribution in [1.29, 1.82) is 0 Å². The summed E-state index contributed by atoms with van der Waals surface area (Å²) in [7, 11) is -2.08. The van der Waals surface area contributed by atoms with Crippen LogP contribution in [0.1, 0.15) is 48.7 Å². The van der Waals surface area contributed by atoms with Crippen LogP contribution in [0.3, 0.4) is 0 Å². The number of nitrogens with zero attached hydrogens (tertiary/aromatic N) is 3. The van der Waals surface area contributed by atoms with Crippen molar-refractivity contribution in [3.63, 3.8) is 0 Å². The van der Waals surface area contributed by atoms with Gasteiger partial charge in [0, 0.05) is 18.7 Å². The van der Waals surface area contributed by atoms with Crippen molar-refractivity contribution >= 4 is 49.2 Å². The summed E-state index contributed by atoms with van der Waals surface area (Å²) in [5.74, 6) is -0.205. The SMILES string of the molecule is CC(C)(C)[Si](C)(C)OCCN(C(=O)c1c(Cl)ncnc1Cl)c1ccc2c(c1)CCC(OCC(F)(F)F)=C2. The van der Waals surface area contributed by atoms with E-state index in [1.807, 2.05) is 6.07 Å². The van der Waals surface area contributed by atoms with Gasteiger partial charge >= 0.3 is 6.18 Å². The first-order valence-electron chi connectivity index (χ1n) is 11.7. The Labute approximate surface area is 225 Å². The van der Waals surface area contributed by atoms with Gasteiger partial charge in [-0.3, -0.25) is 4.79 Å².